The topological polar surface area (TPSA) is 97.6 Å². The molecule has 2 aliphatic heterocycles. The van der Waals surface area contributed by atoms with Crippen molar-refractivity contribution in [3.63, 3.8) is 0 Å². The van der Waals surface area contributed by atoms with Crippen LogP contribution in [0.25, 0.3) is 22.3 Å². The van der Waals surface area contributed by atoms with Gasteiger partial charge in [-0.15, -0.1) is 0 Å². The number of nitrogens with zero attached hydrogens (tertiary/aromatic N) is 4. The quantitative estimate of drug-likeness (QED) is 0.201. The summed E-state index contributed by atoms with van der Waals surface area (Å²) in [4.78, 5) is 27.0. The number of aromatic nitrogens is 4. The fourth-order valence-electron chi connectivity index (χ4n) is 6.09. The third kappa shape index (κ3) is 5.98. The van der Waals surface area contributed by atoms with Crippen LogP contribution < -0.4 is 9.47 Å². The number of pyridine rings is 2. The Kier molecular flexibility index (Phi) is 8.12. The van der Waals surface area contributed by atoms with Gasteiger partial charge in [-0.05, 0) is 72.7 Å². The first-order valence-electron chi connectivity index (χ1n) is 15.1. The Bertz CT molecular complexity index is 1900. The van der Waals surface area contributed by atoms with Gasteiger partial charge < -0.3 is 23.5 Å². The SMILES string of the molecule is COC(=O)c1cc(OC)c2nc(Cc3ccc4cc3CCCc3cc(Cl)cnc3COc3cccc-4n3)n(C[C@@H]3CCO3)c2c1. The van der Waals surface area contributed by atoms with Crippen LogP contribution in [0.5, 0.6) is 11.6 Å². The van der Waals surface area contributed by atoms with Gasteiger partial charge in [-0.25, -0.2) is 14.8 Å². The van der Waals surface area contributed by atoms with Crippen molar-refractivity contribution < 1.29 is 23.7 Å². The lowest BCUT2D eigenvalue weighted by atomic mass is 9.94. The summed E-state index contributed by atoms with van der Waals surface area (Å²) in [6.45, 7) is 1.71. The van der Waals surface area contributed by atoms with Crippen LogP contribution in [-0.2, 0) is 41.9 Å². The summed E-state index contributed by atoms with van der Waals surface area (Å²) >= 11 is 6.34. The number of rotatable bonds is 6. The van der Waals surface area contributed by atoms with Gasteiger partial charge in [-0.3, -0.25) is 4.98 Å². The van der Waals surface area contributed by atoms with Crippen molar-refractivity contribution in [2.75, 3.05) is 20.8 Å². The number of imidazole rings is 1. The van der Waals surface area contributed by atoms with E-state index >= 15 is 0 Å². The van der Waals surface area contributed by atoms with Crippen molar-refractivity contribution in [1.29, 1.82) is 0 Å². The summed E-state index contributed by atoms with van der Waals surface area (Å²) in [5.41, 5.74) is 8.14. The average molecular weight is 625 g/mol. The summed E-state index contributed by atoms with van der Waals surface area (Å²) < 4.78 is 24.8. The van der Waals surface area contributed by atoms with Gasteiger partial charge in [-0.1, -0.05) is 29.8 Å². The highest BCUT2D eigenvalue weighted by atomic mass is 35.5. The molecule has 1 saturated heterocycles. The zero-order chi connectivity index (χ0) is 30.9. The standard InChI is InChI=1S/C35H33ClN4O5/c1-42-31-16-25(35(41)43-2)15-30-34(31)39-32(40(30)19-27-11-12-44-27)17-22-9-10-24-13-21(22)5-3-6-23-14-26(36)18-37-29(23)20-45-33-8-4-7-28(24)38-33/h4,7-10,13-16,18,27H,3,5-6,11-12,17,19-20H2,1-2H3/t27-/m0/s1. The fraction of sp³-hybridized carbons (Fsp3) is 0.314. The molecule has 0 radical (unpaired) electrons. The number of hydrogen-bond donors (Lipinski definition) is 0. The minimum atomic E-state index is -0.424. The largest absolute Gasteiger partial charge is 0.494 e. The minimum Gasteiger partial charge on any atom is -0.494 e. The van der Waals surface area contributed by atoms with E-state index in [9.17, 15) is 4.79 Å². The van der Waals surface area contributed by atoms with Crippen molar-refractivity contribution >= 4 is 28.6 Å². The molecule has 5 heterocycles. The van der Waals surface area contributed by atoms with Gasteiger partial charge in [0.1, 0.15) is 23.7 Å². The summed E-state index contributed by atoms with van der Waals surface area (Å²) in [6, 6.07) is 17.8. The van der Waals surface area contributed by atoms with E-state index in [1.54, 1.807) is 19.4 Å². The summed E-state index contributed by atoms with van der Waals surface area (Å²) in [5.74, 6) is 1.53. The lowest BCUT2D eigenvalue weighted by Gasteiger charge is -2.27. The molecule has 1 atom stereocenters. The highest BCUT2D eigenvalue weighted by Gasteiger charge is 2.25. The van der Waals surface area contributed by atoms with E-state index in [4.69, 9.17) is 40.5 Å². The molecule has 10 heteroatoms. The zero-order valence-corrected chi connectivity index (χ0v) is 26.0. The number of fused-ring (bicyclic) bond motifs is 7. The van der Waals surface area contributed by atoms with Gasteiger partial charge >= 0.3 is 5.97 Å². The second-order valence-electron chi connectivity index (χ2n) is 11.4. The lowest BCUT2D eigenvalue weighted by molar-refractivity contribution is -0.0589. The van der Waals surface area contributed by atoms with Crippen LogP contribution in [0, 0.1) is 0 Å². The molecule has 2 aliphatic rings. The first-order chi connectivity index (χ1) is 22.0. The molecule has 0 N–H and O–H groups in total. The number of carbonyl (C=O) groups is 1. The van der Waals surface area contributed by atoms with E-state index in [1.165, 1.54) is 18.2 Å². The van der Waals surface area contributed by atoms with Crippen LogP contribution >= 0.6 is 11.6 Å². The molecule has 2 aromatic carbocycles. The molecule has 5 aromatic rings. The number of benzene rings is 2. The lowest BCUT2D eigenvalue weighted by Crippen LogP contribution is -2.31. The first-order valence-corrected chi connectivity index (χ1v) is 15.5. The van der Waals surface area contributed by atoms with Crippen molar-refractivity contribution in [2.24, 2.45) is 0 Å². The first kappa shape index (κ1) is 29.3. The average Bonchev–Trinajstić information content (AvgIpc) is 3.38. The molecule has 0 spiro atoms. The third-order valence-electron chi connectivity index (χ3n) is 8.57. The Morgan fingerprint density at radius 3 is 2.73 bits per heavy atom. The smallest absolute Gasteiger partial charge is 0.338 e. The summed E-state index contributed by atoms with van der Waals surface area (Å²) in [5, 5.41) is 0.612. The molecule has 3 aromatic heterocycles. The molecule has 230 valence electrons. The van der Waals surface area contributed by atoms with Crippen molar-refractivity contribution in [3.05, 3.63) is 99.6 Å². The monoisotopic (exact) mass is 624 g/mol. The van der Waals surface area contributed by atoms with E-state index < -0.39 is 5.97 Å². The van der Waals surface area contributed by atoms with Gasteiger partial charge in [0, 0.05) is 30.9 Å². The van der Waals surface area contributed by atoms with Crippen molar-refractivity contribution in [1.82, 2.24) is 19.5 Å². The predicted octanol–water partition coefficient (Wildman–Crippen LogP) is 6.39. The van der Waals surface area contributed by atoms with Crippen LogP contribution in [0.2, 0.25) is 5.02 Å². The third-order valence-corrected chi connectivity index (χ3v) is 8.77. The maximum atomic E-state index is 12.5. The number of aryl methyl sites for hydroxylation is 2. The molecule has 1 fully saturated rings. The zero-order valence-electron chi connectivity index (χ0n) is 25.2. The number of ether oxygens (including phenoxy) is 4. The summed E-state index contributed by atoms with van der Waals surface area (Å²) in [7, 11) is 2.97. The van der Waals surface area contributed by atoms with Gasteiger partial charge in [-0.2, -0.15) is 0 Å². The number of halogens is 1. The van der Waals surface area contributed by atoms with E-state index in [-0.39, 0.29) is 6.10 Å². The molecule has 0 unspecified atom stereocenters. The van der Waals surface area contributed by atoms with Crippen molar-refractivity contribution in [2.45, 2.75) is 51.4 Å². The number of methoxy groups -OCH3 is 2. The number of hydrogen-bond acceptors (Lipinski definition) is 8. The normalized spacial score (nSPS) is 15.9. The summed E-state index contributed by atoms with van der Waals surface area (Å²) in [6.07, 6.45) is 5.88. The Morgan fingerprint density at radius 1 is 1.07 bits per heavy atom. The number of esters is 1. The van der Waals surface area contributed by atoms with Crippen LogP contribution in [-0.4, -0.2) is 52.4 Å². The van der Waals surface area contributed by atoms with Crippen LogP contribution in [0.1, 0.15) is 51.4 Å². The minimum absolute atomic E-state index is 0.0892. The molecule has 4 bridgehead atoms. The molecule has 45 heavy (non-hydrogen) atoms. The van der Waals surface area contributed by atoms with Crippen LogP contribution in [0.3, 0.4) is 0 Å². The van der Waals surface area contributed by atoms with Gasteiger partial charge in [0.2, 0.25) is 5.88 Å². The molecule has 9 nitrogen and oxygen atoms in total. The van der Waals surface area contributed by atoms with Gasteiger partial charge in [0.05, 0.1) is 54.4 Å². The Balaban J connectivity index is 1.30. The molecular formula is C35H33ClN4O5. The predicted molar refractivity (Wildman–Crippen MR) is 170 cm³/mol. The molecule has 0 aliphatic carbocycles. The number of carbonyl (C=O) groups excluding carboxylic acids is 1. The fourth-order valence-corrected chi connectivity index (χ4v) is 6.27. The maximum absolute atomic E-state index is 12.5. The van der Waals surface area contributed by atoms with E-state index in [0.29, 0.717) is 47.3 Å². The molecule has 0 saturated carbocycles. The Labute approximate surface area is 266 Å². The van der Waals surface area contributed by atoms with Crippen molar-refractivity contribution in [3.8, 4) is 22.9 Å². The Morgan fingerprint density at radius 2 is 1.93 bits per heavy atom. The second kappa shape index (κ2) is 12.5. The highest BCUT2D eigenvalue weighted by molar-refractivity contribution is 6.30. The van der Waals surface area contributed by atoms with Crippen LogP contribution in [0.4, 0.5) is 0 Å². The van der Waals surface area contributed by atoms with Crippen LogP contribution in [0.15, 0.2) is 60.8 Å². The second-order valence-corrected chi connectivity index (χ2v) is 11.8. The van der Waals surface area contributed by atoms with E-state index in [2.05, 4.69) is 27.8 Å². The molecule has 0 amide bonds. The van der Waals surface area contributed by atoms with Gasteiger partial charge in [0.15, 0.2) is 0 Å². The Hall–Kier alpha value is -4.47. The van der Waals surface area contributed by atoms with E-state index in [0.717, 1.165) is 66.1 Å². The molecular weight excluding hydrogens is 592 g/mol. The van der Waals surface area contributed by atoms with E-state index in [1.807, 2.05) is 30.3 Å². The maximum Gasteiger partial charge on any atom is 0.338 e. The molecule has 7 rings (SSSR count). The highest BCUT2D eigenvalue weighted by Crippen LogP contribution is 2.32. The van der Waals surface area contributed by atoms with Gasteiger partial charge in [0.25, 0.3) is 0 Å².